The van der Waals surface area contributed by atoms with Crippen LogP contribution in [0.15, 0.2) is 24.3 Å². The van der Waals surface area contributed by atoms with Crippen molar-refractivity contribution in [1.29, 1.82) is 0 Å². The van der Waals surface area contributed by atoms with Crippen LogP contribution in [0.3, 0.4) is 0 Å². The number of rotatable bonds is 5. The Hall–Kier alpha value is -1.84. The molecule has 1 atom stereocenters. The first-order chi connectivity index (χ1) is 9.21. The van der Waals surface area contributed by atoms with Crippen molar-refractivity contribution in [2.24, 2.45) is 0 Å². The van der Waals surface area contributed by atoms with Gasteiger partial charge in [0, 0.05) is 25.0 Å². The van der Waals surface area contributed by atoms with E-state index in [1.807, 2.05) is 25.2 Å². The fourth-order valence-corrected chi connectivity index (χ4v) is 2.28. The fourth-order valence-electron chi connectivity index (χ4n) is 2.28. The molecular weight excluding hydrogens is 236 g/mol. The van der Waals surface area contributed by atoms with Crippen LogP contribution < -0.4 is 10.2 Å². The number of para-hydroxylation sites is 1. The van der Waals surface area contributed by atoms with Gasteiger partial charge in [-0.05, 0) is 32.4 Å². The Balaban J connectivity index is 2.62. The third-order valence-electron chi connectivity index (χ3n) is 3.54. The third-order valence-corrected chi connectivity index (χ3v) is 3.54. The van der Waals surface area contributed by atoms with Gasteiger partial charge in [0.15, 0.2) is 0 Å². The predicted octanol–water partition coefficient (Wildman–Crippen LogP) is 3.30. The Morgan fingerprint density at radius 3 is 2.58 bits per heavy atom. The Morgan fingerprint density at radius 2 is 1.95 bits per heavy atom. The van der Waals surface area contributed by atoms with Crippen LogP contribution in [0.2, 0.25) is 0 Å². The van der Waals surface area contributed by atoms with Crippen molar-refractivity contribution < 1.29 is 0 Å². The average Bonchev–Trinajstić information content (AvgIpc) is 2.47. The first-order valence-electron chi connectivity index (χ1n) is 6.92. The summed E-state index contributed by atoms with van der Waals surface area (Å²) < 4.78 is 0. The second-order valence-corrected chi connectivity index (χ2v) is 4.68. The van der Waals surface area contributed by atoms with Crippen molar-refractivity contribution in [2.45, 2.75) is 33.2 Å². The molecule has 102 valence electrons. The van der Waals surface area contributed by atoms with Gasteiger partial charge in [0.05, 0.1) is 5.52 Å². The van der Waals surface area contributed by atoms with Gasteiger partial charge in [0.25, 0.3) is 0 Å². The lowest BCUT2D eigenvalue weighted by atomic mass is 10.1. The Morgan fingerprint density at radius 1 is 1.21 bits per heavy atom. The number of hydrogen-bond donors (Lipinski definition) is 1. The van der Waals surface area contributed by atoms with E-state index in [-0.39, 0.29) is 0 Å². The lowest BCUT2D eigenvalue weighted by Gasteiger charge is -2.29. The zero-order valence-corrected chi connectivity index (χ0v) is 12.1. The van der Waals surface area contributed by atoms with E-state index in [1.54, 1.807) is 0 Å². The summed E-state index contributed by atoms with van der Waals surface area (Å²) in [5.41, 5.74) is 0.985. The molecule has 1 heterocycles. The van der Waals surface area contributed by atoms with Gasteiger partial charge in [-0.3, -0.25) is 0 Å². The number of fused-ring (bicyclic) bond motifs is 1. The van der Waals surface area contributed by atoms with Crippen LogP contribution in [0.25, 0.3) is 10.9 Å². The minimum atomic E-state index is 0.466. The van der Waals surface area contributed by atoms with Gasteiger partial charge in [0.2, 0.25) is 5.95 Å². The van der Waals surface area contributed by atoms with E-state index in [9.17, 15) is 0 Å². The van der Waals surface area contributed by atoms with Crippen molar-refractivity contribution in [2.75, 3.05) is 23.8 Å². The zero-order chi connectivity index (χ0) is 13.8. The van der Waals surface area contributed by atoms with Crippen molar-refractivity contribution in [3.63, 3.8) is 0 Å². The lowest BCUT2D eigenvalue weighted by molar-refractivity contribution is 0.625. The van der Waals surface area contributed by atoms with Gasteiger partial charge in [-0.2, -0.15) is 4.98 Å². The van der Waals surface area contributed by atoms with Crippen LogP contribution in [0.4, 0.5) is 11.8 Å². The first kappa shape index (κ1) is 13.6. The molecule has 0 bridgehead atoms. The molecule has 0 saturated carbocycles. The highest BCUT2D eigenvalue weighted by atomic mass is 15.2. The quantitative estimate of drug-likeness (QED) is 0.893. The Kier molecular flexibility index (Phi) is 4.20. The van der Waals surface area contributed by atoms with Crippen LogP contribution >= 0.6 is 0 Å². The summed E-state index contributed by atoms with van der Waals surface area (Å²) in [5.74, 6) is 1.70. The molecule has 1 N–H and O–H groups in total. The van der Waals surface area contributed by atoms with Gasteiger partial charge < -0.3 is 10.2 Å². The SMILES string of the molecule is CCC(C)N(CC)c1nc(NC)nc2ccccc12. The Labute approximate surface area is 114 Å². The molecule has 2 rings (SSSR count). The highest BCUT2D eigenvalue weighted by molar-refractivity contribution is 5.90. The molecule has 4 nitrogen and oxygen atoms in total. The highest BCUT2D eigenvalue weighted by Crippen LogP contribution is 2.27. The van der Waals surface area contributed by atoms with Gasteiger partial charge in [-0.1, -0.05) is 19.1 Å². The van der Waals surface area contributed by atoms with Crippen LogP contribution in [0.1, 0.15) is 27.2 Å². The van der Waals surface area contributed by atoms with Gasteiger partial charge in [-0.15, -0.1) is 0 Å². The first-order valence-corrected chi connectivity index (χ1v) is 6.92. The molecular formula is C15H22N4. The van der Waals surface area contributed by atoms with Gasteiger partial charge >= 0.3 is 0 Å². The monoisotopic (exact) mass is 258 g/mol. The Bertz CT molecular complexity index is 553. The van der Waals surface area contributed by atoms with Crippen LogP contribution in [0, 0.1) is 0 Å². The summed E-state index contributed by atoms with van der Waals surface area (Å²) in [6.07, 6.45) is 1.10. The van der Waals surface area contributed by atoms with Crippen molar-refractivity contribution >= 4 is 22.7 Å². The lowest BCUT2D eigenvalue weighted by Crippen LogP contribution is -2.33. The zero-order valence-electron chi connectivity index (χ0n) is 12.1. The molecule has 0 amide bonds. The standard InChI is InChI=1S/C15H22N4/c1-5-11(3)19(6-2)14-12-9-7-8-10-13(12)17-15(16-4)18-14/h7-11H,5-6H2,1-4H3,(H,16,17,18). The molecule has 0 aliphatic carbocycles. The molecule has 1 unspecified atom stereocenters. The number of benzene rings is 1. The minimum absolute atomic E-state index is 0.466. The second-order valence-electron chi connectivity index (χ2n) is 4.68. The fraction of sp³-hybridized carbons (Fsp3) is 0.467. The highest BCUT2D eigenvalue weighted by Gasteiger charge is 2.16. The van der Waals surface area contributed by atoms with Gasteiger partial charge in [0.1, 0.15) is 5.82 Å². The molecule has 0 aliphatic heterocycles. The minimum Gasteiger partial charge on any atom is -0.357 e. The van der Waals surface area contributed by atoms with E-state index in [4.69, 9.17) is 0 Å². The molecule has 1 aromatic heterocycles. The topological polar surface area (TPSA) is 41.1 Å². The molecule has 0 aliphatic rings. The van der Waals surface area contributed by atoms with E-state index in [0.717, 1.165) is 29.7 Å². The van der Waals surface area contributed by atoms with Crippen LogP contribution in [0.5, 0.6) is 0 Å². The summed E-state index contributed by atoms with van der Waals surface area (Å²) in [5, 5.41) is 4.16. The van der Waals surface area contributed by atoms with Crippen molar-refractivity contribution in [3.05, 3.63) is 24.3 Å². The summed E-state index contributed by atoms with van der Waals surface area (Å²) in [4.78, 5) is 11.5. The van der Waals surface area contributed by atoms with E-state index in [2.05, 4.69) is 47.0 Å². The van der Waals surface area contributed by atoms with E-state index >= 15 is 0 Å². The molecule has 2 aromatic rings. The number of nitrogens with one attached hydrogen (secondary N) is 1. The predicted molar refractivity (Wildman–Crippen MR) is 81.9 cm³/mol. The molecule has 0 saturated heterocycles. The summed E-state index contributed by atoms with van der Waals surface area (Å²) >= 11 is 0. The third kappa shape index (κ3) is 2.62. The van der Waals surface area contributed by atoms with E-state index in [0.29, 0.717) is 12.0 Å². The summed E-state index contributed by atoms with van der Waals surface area (Å²) in [6, 6.07) is 8.64. The molecule has 0 spiro atoms. The summed E-state index contributed by atoms with van der Waals surface area (Å²) in [7, 11) is 1.85. The normalized spacial score (nSPS) is 12.4. The molecule has 4 heteroatoms. The van der Waals surface area contributed by atoms with Crippen LogP contribution in [-0.2, 0) is 0 Å². The van der Waals surface area contributed by atoms with Crippen molar-refractivity contribution in [3.8, 4) is 0 Å². The van der Waals surface area contributed by atoms with Crippen molar-refractivity contribution in [1.82, 2.24) is 9.97 Å². The largest absolute Gasteiger partial charge is 0.357 e. The molecule has 1 aromatic carbocycles. The number of anilines is 2. The average molecular weight is 258 g/mol. The van der Waals surface area contributed by atoms with E-state index < -0.39 is 0 Å². The smallest absolute Gasteiger partial charge is 0.224 e. The maximum Gasteiger partial charge on any atom is 0.224 e. The molecule has 19 heavy (non-hydrogen) atoms. The molecule has 0 fully saturated rings. The molecule has 0 radical (unpaired) electrons. The van der Waals surface area contributed by atoms with Crippen LogP contribution in [-0.4, -0.2) is 29.6 Å². The van der Waals surface area contributed by atoms with Gasteiger partial charge in [-0.25, -0.2) is 4.98 Å². The number of nitrogens with zero attached hydrogens (tertiary/aromatic N) is 3. The maximum absolute atomic E-state index is 4.66. The van der Waals surface area contributed by atoms with E-state index in [1.165, 1.54) is 0 Å². The maximum atomic E-state index is 4.66. The summed E-state index contributed by atoms with van der Waals surface area (Å²) in [6.45, 7) is 7.55. The number of aromatic nitrogens is 2. The number of hydrogen-bond acceptors (Lipinski definition) is 4. The second kappa shape index (κ2) is 5.87.